The van der Waals surface area contributed by atoms with Gasteiger partial charge in [-0.05, 0) is 38.5 Å². The Hall–Kier alpha value is -1.64. The topological polar surface area (TPSA) is 76.4 Å². The van der Waals surface area contributed by atoms with Gasteiger partial charge in [-0.1, -0.05) is 29.0 Å². The number of halogens is 1. The molecule has 0 saturated carbocycles. The van der Waals surface area contributed by atoms with Crippen molar-refractivity contribution >= 4 is 43.6 Å². The summed E-state index contributed by atoms with van der Waals surface area (Å²) >= 11 is 7.38. The van der Waals surface area contributed by atoms with Gasteiger partial charge in [-0.2, -0.15) is 18.0 Å². The summed E-state index contributed by atoms with van der Waals surface area (Å²) in [7, 11) is -3.81. The van der Waals surface area contributed by atoms with Gasteiger partial charge in [0.25, 0.3) is 10.0 Å². The highest BCUT2D eigenvalue weighted by atomic mass is 35.5. The Kier molecular flexibility index (Phi) is 3.62. The zero-order valence-corrected chi connectivity index (χ0v) is 14.5. The van der Waals surface area contributed by atoms with Crippen molar-refractivity contribution in [2.45, 2.75) is 25.8 Å². The minimum atomic E-state index is -3.81. The number of imidazole rings is 1. The highest BCUT2D eigenvalue weighted by Gasteiger charge is 2.25. The number of nitrogens with one attached hydrogen (secondary N) is 1. The number of anilines is 1. The summed E-state index contributed by atoms with van der Waals surface area (Å²) in [6.07, 6.45) is 0. The maximum Gasteiger partial charge on any atom is 0.281 e. The van der Waals surface area contributed by atoms with Crippen LogP contribution in [-0.2, 0) is 10.0 Å². The van der Waals surface area contributed by atoms with Crippen molar-refractivity contribution in [1.82, 2.24) is 14.6 Å². The fourth-order valence-electron chi connectivity index (χ4n) is 2.09. The van der Waals surface area contributed by atoms with Crippen molar-refractivity contribution in [1.29, 1.82) is 0 Å². The molecule has 1 N–H and O–H groups in total. The lowest BCUT2D eigenvalue weighted by atomic mass is 10.2. The number of sulfonamides is 1. The minimum absolute atomic E-state index is 0.0450. The minimum Gasteiger partial charge on any atom is -0.278 e. The van der Waals surface area contributed by atoms with Crippen LogP contribution in [0.5, 0.6) is 0 Å². The first-order chi connectivity index (χ1) is 10.3. The number of benzene rings is 1. The van der Waals surface area contributed by atoms with Crippen LogP contribution in [0.3, 0.4) is 0 Å². The maximum atomic E-state index is 12.7. The first kappa shape index (κ1) is 15.3. The fraction of sp³-hybridized carbons (Fsp3) is 0.231. The molecule has 1 aromatic carbocycles. The Morgan fingerprint density at radius 3 is 2.68 bits per heavy atom. The van der Waals surface area contributed by atoms with Crippen LogP contribution in [0.4, 0.5) is 5.69 Å². The van der Waals surface area contributed by atoms with Gasteiger partial charge in [-0.3, -0.25) is 4.72 Å². The van der Waals surface area contributed by atoms with E-state index in [9.17, 15) is 8.42 Å². The smallest absolute Gasteiger partial charge is 0.278 e. The Morgan fingerprint density at radius 2 is 2.00 bits per heavy atom. The molecule has 3 rings (SSSR count). The molecule has 2 aromatic heterocycles. The number of aryl methyl sites for hydroxylation is 3. The van der Waals surface area contributed by atoms with E-state index in [4.69, 9.17) is 11.6 Å². The molecule has 0 radical (unpaired) electrons. The molecule has 116 valence electrons. The van der Waals surface area contributed by atoms with Gasteiger partial charge in [-0.15, -0.1) is 0 Å². The van der Waals surface area contributed by atoms with Crippen LogP contribution in [0.15, 0.2) is 23.2 Å². The molecule has 6 nitrogen and oxygen atoms in total. The molecule has 9 heteroatoms. The lowest BCUT2D eigenvalue weighted by Gasteiger charge is -2.08. The zero-order chi connectivity index (χ0) is 16.1. The van der Waals surface area contributed by atoms with E-state index in [1.54, 1.807) is 32.0 Å². The summed E-state index contributed by atoms with van der Waals surface area (Å²) in [5.41, 5.74) is 1.68. The number of fused-ring (bicyclic) bond motifs is 1. The van der Waals surface area contributed by atoms with Crippen LogP contribution in [0.1, 0.15) is 16.3 Å². The second-order valence-electron chi connectivity index (χ2n) is 4.89. The van der Waals surface area contributed by atoms with Crippen LogP contribution in [0.2, 0.25) is 5.02 Å². The lowest BCUT2D eigenvalue weighted by Crippen LogP contribution is -2.16. The van der Waals surface area contributed by atoms with E-state index >= 15 is 0 Å². The van der Waals surface area contributed by atoms with Gasteiger partial charge >= 0.3 is 0 Å². The normalized spacial score (nSPS) is 12.0. The molecule has 0 bridgehead atoms. The van der Waals surface area contributed by atoms with Gasteiger partial charge < -0.3 is 0 Å². The summed E-state index contributed by atoms with van der Waals surface area (Å²) < 4.78 is 29.2. The summed E-state index contributed by atoms with van der Waals surface area (Å²) in [4.78, 5) is 4.80. The summed E-state index contributed by atoms with van der Waals surface area (Å²) in [6, 6.07) is 5.00. The summed E-state index contributed by atoms with van der Waals surface area (Å²) in [5.74, 6) is 0. The third-order valence-electron chi connectivity index (χ3n) is 3.10. The number of rotatable bonds is 3. The number of aromatic nitrogens is 3. The molecule has 0 atom stereocenters. The average Bonchev–Trinajstić information content (AvgIpc) is 2.87. The third-order valence-corrected chi connectivity index (χ3v) is 5.82. The van der Waals surface area contributed by atoms with E-state index < -0.39 is 10.0 Å². The first-order valence-electron chi connectivity index (χ1n) is 6.39. The second-order valence-corrected chi connectivity index (χ2v) is 8.05. The molecule has 0 unspecified atom stereocenters. The quantitative estimate of drug-likeness (QED) is 0.782. The largest absolute Gasteiger partial charge is 0.281 e. The van der Waals surface area contributed by atoms with E-state index in [0.29, 0.717) is 21.4 Å². The Balaban J connectivity index is 2.07. The zero-order valence-electron chi connectivity index (χ0n) is 12.1. The molecule has 0 aliphatic carbocycles. The number of hydrogen-bond donors (Lipinski definition) is 1. The molecule has 0 saturated heterocycles. The van der Waals surface area contributed by atoms with Gasteiger partial charge in [-0.25, -0.2) is 4.98 Å². The molecule has 0 amide bonds. The molecular formula is C13H13ClN4O2S2. The average molecular weight is 357 g/mol. The standard InChI is InChI=1S/C13H13ClN4O2S2/c1-7-4-5-10(6-11(7)14)17-22(19,20)12-8(2)15-13-18(12)16-9(3)21-13/h4-6,17H,1-3H3. The third kappa shape index (κ3) is 2.57. The second kappa shape index (κ2) is 5.22. The summed E-state index contributed by atoms with van der Waals surface area (Å²) in [6.45, 7) is 5.30. The van der Waals surface area contributed by atoms with Gasteiger partial charge in [0.15, 0.2) is 0 Å². The van der Waals surface area contributed by atoms with Gasteiger partial charge in [0.1, 0.15) is 5.01 Å². The molecule has 0 spiro atoms. The van der Waals surface area contributed by atoms with E-state index in [-0.39, 0.29) is 5.03 Å². The summed E-state index contributed by atoms with van der Waals surface area (Å²) in [5, 5.41) is 5.49. The number of hydrogen-bond acceptors (Lipinski definition) is 5. The first-order valence-corrected chi connectivity index (χ1v) is 9.07. The Bertz CT molecular complexity index is 976. The van der Waals surface area contributed by atoms with Gasteiger partial charge in [0.2, 0.25) is 9.99 Å². The van der Waals surface area contributed by atoms with Crippen LogP contribution >= 0.6 is 22.9 Å². The molecule has 0 fully saturated rings. The van der Waals surface area contributed by atoms with E-state index in [2.05, 4.69) is 14.8 Å². The van der Waals surface area contributed by atoms with Crippen molar-refractivity contribution < 1.29 is 8.42 Å². The van der Waals surface area contributed by atoms with Crippen LogP contribution < -0.4 is 4.72 Å². The maximum absolute atomic E-state index is 12.7. The monoisotopic (exact) mass is 356 g/mol. The van der Waals surface area contributed by atoms with Crippen LogP contribution in [0, 0.1) is 20.8 Å². The molecule has 2 heterocycles. The molecule has 3 aromatic rings. The molecule has 0 aliphatic rings. The predicted octanol–water partition coefficient (Wildman–Crippen LogP) is 3.17. The molecule has 0 aliphatic heterocycles. The Morgan fingerprint density at radius 1 is 1.27 bits per heavy atom. The van der Waals surface area contributed by atoms with Crippen molar-refractivity contribution in [3.63, 3.8) is 0 Å². The van der Waals surface area contributed by atoms with Crippen molar-refractivity contribution in [3.8, 4) is 0 Å². The van der Waals surface area contributed by atoms with Crippen molar-refractivity contribution in [2.75, 3.05) is 4.72 Å². The van der Waals surface area contributed by atoms with Crippen LogP contribution in [-0.4, -0.2) is 23.0 Å². The van der Waals surface area contributed by atoms with Crippen molar-refractivity contribution in [3.05, 3.63) is 39.5 Å². The van der Waals surface area contributed by atoms with Gasteiger partial charge in [0.05, 0.1) is 11.4 Å². The highest BCUT2D eigenvalue weighted by Crippen LogP contribution is 2.25. The van der Waals surface area contributed by atoms with Crippen molar-refractivity contribution in [2.24, 2.45) is 0 Å². The van der Waals surface area contributed by atoms with Crippen LogP contribution in [0.25, 0.3) is 4.96 Å². The van der Waals surface area contributed by atoms with Gasteiger partial charge in [0, 0.05) is 5.02 Å². The van der Waals surface area contributed by atoms with E-state index in [1.165, 1.54) is 15.9 Å². The predicted molar refractivity (Wildman–Crippen MR) is 87.3 cm³/mol. The SMILES string of the molecule is Cc1nn2c(S(=O)(=O)Nc3ccc(C)c(Cl)c3)c(C)nc2s1. The molecule has 22 heavy (non-hydrogen) atoms. The molecular weight excluding hydrogens is 344 g/mol. The van der Waals surface area contributed by atoms with E-state index in [1.807, 2.05) is 6.92 Å². The van der Waals surface area contributed by atoms with E-state index in [0.717, 1.165) is 10.6 Å². The highest BCUT2D eigenvalue weighted by molar-refractivity contribution is 7.92. The number of nitrogens with zero attached hydrogens (tertiary/aromatic N) is 3. The fourth-order valence-corrected chi connectivity index (χ4v) is 4.44. The lowest BCUT2D eigenvalue weighted by molar-refractivity contribution is 0.592. The Labute approximate surface area is 136 Å².